The number of hydrogen-bond acceptors (Lipinski definition) is 5. The van der Waals surface area contributed by atoms with Crippen molar-refractivity contribution in [3.63, 3.8) is 0 Å². The highest BCUT2D eigenvalue weighted by atomic mass is 32.2. The van der Waals surface area contributed by atoms with Crippen LogP contribution in [0.3, 0.4) is 0 Å². The van der Waals surface area contributed by atoms with E-state index in [4.69, 9.17) is 5.73 Å². The topological polar surface area (TPSA) is 97.5 Å². The van der Waals surface area contributed by atoms with Gasteiger partial charge in [-0.05, 0) is 25.0 Å². The van der Waals surface area contributed by atoms with E-state index in [9.17, 15) is 16.8 Å². The van der Waals surface area contributed by atoms with Crippen LogP contribution in [0.4, 0.5) is 0 Å². The fourth-order valence-corrected chi connectivity index (χ4v) is 5.77. The maximum atomic E-state index is 12.7. The van der Waals surface area contributed by atoms with E-state index in [1.807, 2.05) is 0 Å². The molecule has 0 aromatic heterocycles. The van der Waals surface area contributed by atoms with Crippen LogP contribution in [0.5, 0.6) is 0 Å². The predicted molar refractivity (Wildman–Crippen MR) is 75.5 cm³/mol. The van der Waals surface area contributed by atoms with E-state index in [-0.39, 0.29) is 22.4 Å². The lowest BCUT2D eigenvalue weighted by molar-refractivity contribution is 0.392. The van der Waals surface area contributed by atoms with Crippen molar-refractivity contribution in [1.82, 2.24) is 4.31 Å². The monoisotopic (exact) mass is 318 g/mol. The molecule has 0 spiro atoms. The van der Waals surface area contributed by atoms with Crippen molar-refractivity contribution in [1.29, 1.82) is 0 Å². The third-order valence-corrected chi connectivity index (χ3v) is 6.72. The molecule has 1 saturated heterocycles. The van der Waals surface area contributed by atoms with Crippen molar-refractivity contribution in [2.75, 3.05) is 19.3 Å². The second kappa shape index (κ2) is 5.44. The van der Waals surface area contributed by atoms with Gasteiger partial charge in [0.15, 0.2) is 9.84 Å². The van der Waals surface area contributed by atoms with Crippen LogP contribution in [0.1, 0.15) is 12.8 Å². The van der Waals surface area contributed by atoms with Gasteiger partial charge in [0.2, 0.25) is 10.0 Å². The lowest BCUT2D eigenvalue weighted by Gasteiger charge is -2.23. The van der Waals surface area contributed by atoms with Gasteiger partial charge in [-0.25, -0.2) is 16.8 Å². The van der Waals surface area contributed by atoms with E-state index in [1.165, 1.54) is 28.6 Å². The molecular weight excluding hydrogens is 300 g/mol. The van der Waals surface area contributed by atoms with Crippen LogP contribution < -0.4 is 5.73 Å². The SMILES string of the molecule is CS(=O)(=O)c1ccccc1S(=O)(=O)N1CCC[C@H]1CN. The quantitative estimate of drug-likeness (QED) is 0.855. The molecule has 1 heterocycles. The third-order valence-electron chi connectivity index (χ3n) is 3.43. The van der Waals surface area contributed by atoms with Gasteiger partial charge in [-0.2, -0.15) is 4.31 Å². The molecule has 1 fully saturated rings. The van der Waals surface area contributed by atoms with E-state index in [1.54, 1.807) is 0 Å². The standard InChI is InChI=1S/C12H18N2O4S2/c1-19(15,16)11-6-2-3-7-12(11)20(17,18)14-8-4-5-10(14)9-13/h2-3,6-7,10H,4-5,8-9,13H2,1H3/t10-/m0/s1. The first-order valence-electron chi connectivity index (χ1n) is 6.29. The predicted octanol–water partition coefficient (Wildman–Crippen LogP) is 0.202. The number of nitrogens with two attached hydrogens (primary N) is 1. The molecule has 2 rings (SSSR count). The molecule has 0 bridgehead atoms. The Morgan fingerprint density at radius 3 is 2.35 bits per heavy atom. The molecular formula is C12H18N2O4S2. The molecule has 0 radical (unpaired) electrons. The van der Waals surface area contributed by atoms with Gasteiger partial charge in [0.1, 0.15) is 4.90 Å². The van der Waals surface area contributed by atoms with E-state index >= 15 is 0 Å². The smallest absolute Gasteiger partial charge is 0.244 e. The summed E-state index contributed by atoms with van der Waals surface area (Å²) in [6.45, 7) is 0.614. The zero-order chi connectivity index (χ0) is 15.0. The van der Waals surface area contributed by atoms with Gasteiger partial charge in [0.05, 0.1) is 4.90 Å². The van der Waals surface area contributed by atoms with Gasteiger partial charge in [-0.3, -0.25) is 0 Å². The van der Waals surface area contributed by atoms with Crippen LogP contribution in [0, 0.1) is 0 Å². The van der Waals surface area contributed by atoms with Crippen molar-refractivity contribution in [2.45, 2.75) is 28.7 Å². The summed E-state index contributed by atoms with van der Waals surface area (Å²) in [7, 11) is -7.45. The summed E-state index contributed by atoms with van der Waals surface area (Å²) in [6, 6.07) is 5.43. The molecule has 8 heteroatoms. The molecule has 1 aromatic rings. The Morgan fingerprint density at radius 2 is 1.80 bits per heavy atom. The Balaban J connectivity index is 2.56. The largest absolute Gasteiger partial charge is 0.329 e. The summed E-state index contributed by atoms with van der Waals surface area (Å²) in [6.07, 6.45) is 2.45. The molecule has 1 aliphatic rings. The van der Waals surface area contributed by atoms with Crippen molar-refractivity contribution < 1.29 is 16.8 Å². The van der Waals surface area contributed by atoms with Crippen LogP contribution in [-0.2, 0) is 19.9 Å². The Hall–Kier alpha value is -0.960. The fraction of sp³-hybridized carbons (Fsp3) is 0.500. The number of nitrogens with zero attached hydrogens (tertiary/aromatic N) is 1. The second-order valence-electron chi connectivity index (χ2n) is 4.87. The van der Waals surface area contributed by atoms with Crippen LogP contribution in [0.25, 0.3) is 0 Å². The maximum Gasteiger partial charge on any atom is 0.244 e. The normalized spacial score (nSPS) is 21.2. The van der Waals surface area contributed by atoms with Crippen molar-refractivity contribution in [2.24, 2.45) is 5.73 Å². The minimum absolute atomic E-state index is 0.164. The summed E-state index contributed by atoms with van der Waals surface area (Å²) in [5.74, 6) is 0. The molecule has 0 amide bonds. The Labute approximate surface area is 119 Å². The minimum atomic E-state index is -3.84. The summed E-state index contributed by atoms with van der Waals surface area (Å²) >= 11 is 0. The third kappa shape index (κ3) is 2.73. The highest BCUT2D eigenvalue weighted by Gasteiger charge is 2.36. The molecule has 1 atom stereocenters. The van der Waals surface area contributed by atoms with Crippen molar-refractivity contribution in [3.05, 3.63) is 24.3 Å². The van der Waals surface area contributed by atoms with Gasteiger partial charge >= 0.3 is 0 Å². The molecule has 0 saturated carbocycles. The van der Waals surface area contributed by atoms with Crippen molar-refractivity contribution >= 4 is 19.9 Å². The van der Waals surface area contributed by atoms with Gasteiger partial charge in [-0.15, -0.1) is 0 Å². The molecule has 2 N–H and O–H groups in total. The van der Waals surface area contributed by atoms with Gasteiger partial charge < -0.3 is 5.73 Å². The Morgan fingerprint density at radius 1 is 1.20 bits per heavy atom. The lowest BCUT2D eigenvalue weighted by Crippen LogP contribution is -2.40. The Kier molecular flexibility index (Phi) is 4.19. The van der Waals surface area contributed by atoms with Gasteiger partial charge in [0.25, 0.3) is 0 Å². The van der Waals surface area contributed by atoms with E-state index < -0.39 is 19.9 Å². The van der Waals surface area contributed by atoms with E-state index in [0.717, 1.165) is 12.7 Å². The molecule has 0 aliphatic carbocycles. The number of sulfone groups is 1. The molecule has 20 heavy (non-hydrogen) atoms. The van der Waals surface area contributed by atoms with E-state index in [0.29, 0.717) is 13.0 Å². The minimum Gasteiger partial charge on any atom is -0.329 e. The summed E-state index contributed by atoms with van der Waals surface area (Å²) in [4.78, 5) is -0.328. The fourth-order valence-electron chi connectivity index (χ4n) is 2.46. The molecule has 6 nitrogen and oxygen atoms in total. The Bertz CT molecular complexity index is 698. The molecule has 0 unspecified atom stereocenters. The average molecular weight is 318 g/mol. The number of benzene rings is 1. The number of rotatable bonds is 4. The van der Waals surface area contributed by atoms with Gasteiger partial charge in [-0.1, -0.05) is 12.1 Å². The molecule has 1 aromatic carbocycles. The zero-order valence-electron chi connectivity index (χ0n) is 11.2. The second-order valence-corrected chi connectivity index (χ2v) is 8.71. The first-order valence-corrected chi connectivity index (χ1v) is 9.62. The van der Waals surface area contributed by atoms with Crippen LogP contribution in [0.2, 0.25) is 0 Å². The highest BCUT2D eigenvalue weighted by molar-refractivity contribution is 7.93. The summed E-state index contributed by atoms with van der Waals surface area (Å²) in [5, 5.41) is 0. The average Bonchev–Trinajstić information content (AvgIpc) is 2.86. The molecule has 1 aliphatic heterocycles. The lowest BCUT2D eigenvalue weighted by atomic mass is 10.2. The van der Waals surface area contributed by atoms with Crippen LogP contribution in [-0.4, -0.2) is 46.5 Å². The van der Waals surface area contributed by atoms with Crippen LogP contribution >= 0.6 is 0 Å². The summed E-state index contributed by atoms with van der Waals surface area (Å²) in [5.41, 5.74) is 5.60. The van der Waals surface area contributed by atoms with Gasteiger partial charge in [0, 0.05) is 25.4 Å². The first kappa shape index (κ1) is 15.4. The maximum absolute atomic E-state index is 12.7. The summed E-state index contributed by atoms with van der Waals surface area (Å²) < 4.78 is 50.2. The van der Waals surface area contributed by atoms with Crippen molar-refractivity contribution in [3.8, 4) is 0 Å². The van der Waals surface area contributed by atoms with Crippen LogP contribution in [0.15, 0.2) is 34.1 Å². The number of sulfonamides is 1. The molecule has 112 valence electrons. The highest BCUT2D eigenvalue weighted by Crippen LogP contribution is 2.29. The first-order chi connectivity index (χ1) is 9.28. The zero-order valence-corrected chi connectivity index (χ0v) is 12.8. The van der Waals surface area contributed by atoms with E-state index in [2.05, 4.69) is 0 Å². The number of hydrogen-bond donors (Lipinski definition) is 1.